The highest BCUT2D eigenvalue weighted by atomic mass is 35.5. The molecule has 0 aromatic heterocycles. The van der Waals surface area contributed by atoms with Gasteiger partial charge in [0.2, 0.25) is 0 Å². The van der Waals surface area contributed by atoms with E-state index in [1.807, 2.05) is 42.5 Å². The van der Waals surface area contributed by atoms with Gasteiger partial charge in [0.1, 0.15) is 5.04 Å². The maximum Gasteiger partial charge on any atom is 0.284 e. The van der Waals surface area contributed by atoms with Crippen molar-refractivity contribution in [3.05, 3.63) is 100 Å². The number of hydrogen-bond donors (Lipinski definition) is 1. The van der Waals surface area contributed by atoms with Gasteiger partial charge < -0.3 is 0 Å². The topological polar surface area (TPSA) is 85.9 Å². The van der Waals surface area contributed by atoms with Crippen LogP contribution in [0.25, 0.3) is 0 Å². The smallest absolute Gasteiger partial charge is 0.284 e. The minimum atomic E-state index is -4.09. The first-order chi connectivity index (χ1) is 16.3. The van der Waals surface area contributed by atoms with Crippen LogP contribution in [0.3, 0.4) is 0 Å². The highest BCUT2D eigenvalue weighted by molar-refractivity contribution is 8.15. The van der Waals surface area contributed by atoms with Crippen molar-refractivity contribution < 1.29 is 8.42 Å². The van der Waals surface area contributed by atoms with Crippen LogP contribution in [0.4, 0.5) is 0 Å². The lowest BCUT2D eigenvalue weighted by molar-refractivity contribution is 0.481. The van der Waals surface area contributed by atoms with Gasteiger partial charge in [-0.3, -0.25) is 5.41 Å². The quantitative estimate of drug-likeness (QED) is 0.334. The summed E-state index contributed by atoms with van der Waals surface area (Å²) in [5.74, 6) is -0.187. The van der Waals surface area contributed by atoms with Crippen LogP contribution in [0, 0.1) is 5.41 Å². The van der Waals surface area contributed by atoms with E-state index in [2.05, 4.69) is 4.40 Å². The molecule has 1 heterocycles. The molecule has 0 amide bonds. The molecule has 0 spiro atoms. The summed E-state index contributed by atoms with van der Waals surface area (Å²) in [5, 5.41) is 15.7. The van der Waals surface area contributed by atoms with E-state index in [0.29, 0.717) is 16.6 Å². The van der Waals surface area contributed by atoms with E-state index in [-0.39, 0.29) is 21.7 Å². The third-order valence-corrected chi connectivity index (χ3v) is 7.60. The lowest BCUT2D eigenvalue weighted by atomic mass is 9.91. The second kappa shape index (κ2) is 10.3. The molecule has 0 bridgehead atoms. The van der Waals surface area contributed by atoms with E-state index >= 15 is 0 Å². The Morgan fingerprint density at radius 1 is 1.00 bits per heavy atom. The Bertz CT molecular complexity index is 1360. The number of amidine groups is 1. The fraction of sp³-hybridized carbons (Fsp3) is 0.125. The molecule has 1 atom stereocenters. The van der Waals surface area contributed by atoms with Crippen LogP contribution >= 0.6 is 35.0 Å². The molecule has 3 aromatic carbocycles. The fourth-order valence-electron chi connectivity index (χ4n) is 3.53. The Kier molecular flexibility index (Phi) is 7.42. The van der Waals surface area contributed by atoms with E-state index in [1.54, 1.807) is 18.4 Å². The molecule has 0 saturated carbocycles. The third-order valence-electron chi connectivity index (χ3n) is 5.23. The Hall–Kier alpha value is -2.65. The number of nitrogens with zero attached hydrogens (tertiary/aromatic N) is 3. The van der Waals surface area contributed by atoms with Gasteiger partial charge in [0.05, 0.1) is 17.2 Å². The van der Waals surface area contributed by atoms with Gasteiger partial charge in [-0.25, -0.2) is 5.01 Å². The molecule has 0 radical (unpaired) electrons. The predicted octanol–water partition coefficient (Wildman–Crippen LogP) is 5.92. The molecule has 1 unspecified atom stereocenters. The van der Waals surface area contributed by atoms with Crippen molar-refractivity contribution in [2.75, 3.05) is 12.8 Å². The molecular weight excluding hydrogens is 511 g/mol. The SMILES string of the molecule is CSC(=N)/C(=N\S(=O)(=O)c1ccc(Cl)cc1)N1CC(c2ccccc2)C(c2ccc(Cl)cc2)=N1. The van der Waals surface area contributed by atoms with Crippen molar-refractivity contribution in [3.63, 3.8) is 0 Å². The predicted molar refractivity (Wildman–Crippen MR) is 141 cm³/mol. The summed E-state index contributed by atoms with van der Waals surface area (Å²) in [5.41, 5.74) is 2.62. The molecule has 34 heavy (non-hydrogen) atoms. The number of rotatable bonds is 4. The minimum absolute atomic E-state index is 0.00884. The average Bonchev–Trinajstić information content (AvgIpc) is 3.28. The number of hydrogen-bond acceptors (Lipinski definition) is 5. The summed E-state index contributed by atoms with van der Waals surface area (Å²) >= 11 is 13.1. The summed E-state index contributed by atoms with van der Waals surface area (Å²) in [6.07, 6.45) is 1.70. The van der Waals surface area contributed by atoms with Crippen molar-refractivity contribution in [2.24, 2.45) is 9.50 Å². The van der Waals surface area contributed by atoms with Crippen molar-refractivity contribution in [3.8, 4) is 0 Å². The Balaban J connectivity index is 1.80. The molecule has 1 N–H and O–H groups in total. The second-order valence-corrected chi connectivity index (χ2v) is 10.7. The van der Waals surface area contributed by atoms with E-state index in [9.17, 15) is 8.42 Å². The summed E-state index contributed by atoms with van der Waals surface area (Å²) in [6.45, 7) is 0.333. The summed E-state index contributed by atoms with van der Waals surface area (Å²) in [4.78, 5) is -0.0102. The van der Waals surface area contributed by atoms with Gasteiger partial charge in [-0.2, -0.15) is 13.5 Å². The number of nitrogens with one attached hydrogen (secondary N) is 1. The summed E-state index contributed by atoms with van der Waals surface area (Å²) in [7, 11) is -4.09. The lowest BCUT2D eigenvalue weighted by Gasteiger charge is -2.18. The van der Waals surface area contributed by atoms with Gasteiger partial charge in [-0.05, 0) is 53.8 Å². The van der Waals surface area contributed by atoms with Gasteiger partial charge in [0.15, 0.2) is 5.84 Å². The molecule has 0 fully saturated rings. The van der Waals surface area contributed by atoms with Crippen LogP contribution in [-0.4, -0.2) is 42.8 Å². The maximum atomic E-state index is 13.0. The molecule has 1 aliphatic rings. The summed E-state index contributed by atoms with van der Waals surface area (Å²) in [6, 6.07) is 22.9. The van der Waals surface area contributed by atoms with Crippen LogP contribution in [-0.2, 0) is 10.0 Å². The number of thioether (sulfide) groups is 1. The molecule has 0 aliphatic carbocycles. The molecule has 1 aliphatic heterocycles. The molecule has 174 valence electrons. The first kappa shape index (κ1) is 24.5. The van der Waals surface area contributed by atoms with Gasteiger partial charge in [-0.15, -0.1) is 16.2 Å². The Morgan fingerprint density at radius 3 is 2.18 bits per heavy atom. The van der Waals surface area contributed by atoms with Gasteiger partial charge in [0.25, 0.3) is 10.0 Å². The third kappa shape index (κ3) is 5.36. The molecule has 10 heteroatoms. The zero-order valence-electron chi connectivity index (χ0n) is 18.0. The molecular formula is C24H20Cl2N4O2S2. The zero-order valence-corrected chi connectivity index (χ0v) is 21.2. The van der Waals surface area contributed by atoms with E-state index in [0.717, 1.165) is 28.6 Å². The van der Waals surface area contributed by atoms with Crippen LogP contribution in [0.15, 0.2) is 93.3 Å². The lowest BCUT2D eigenvalue weighted by Crippen LogP contribution is -2.31. The van der Waals surface area contributed by atoms with E-state index in [4.69, 9.17) is 33.7 Å². The van der Waals surface area contributed by atoms with Crippen LogP contribution in [0.5, 0.6) is 0 Å². The van der Waals surface area contributed by atoms with Crippen LogP contribution in [0.1, 0.15) is 17.0 Å². The van der Waals surface area contributed by atoms with Crippen molar-refractivity contribution >= 4 is 61.6 Å². The first-order valence-corrected chi connectivity index (χ1v) is 13.6. The van der Waals surface area contributed by atoms with Gasteiger partial charge in [0, 0.05) is 16.0 Å². The van der Waals surface area contributed by atoms with Crippen LogP contribution < -0.4 is 0 Å². The summed E-state index contributed by atoms with van der Waals surface area (Å²) < 4.78 is 30.1. The van der Waals surface area contributed by atoms with Crippen LogP contribution in [0.2, 0.25) is 10.0 Å². The van der Waals surface area contributed by atoms with Gasteiger partial charge >= 0.3 is 0 Å². The fourth-order valence-corrected chi connectivity index (χ4v) is 5.17. The standard InChI is InChI=1S/C24H20Cl2N4O2S2/c1-33-23(27)24(29-34(31,32)20-13-11-19(26)12-14-20)30-15-21(16-5-3-2-4-6-16)22(28-30)17-7-9-18(25)10-8-17/h2-14,21,27H,15H2,1H3/b27-23?,29-24+. The minimum Gasteiger partial charge on any atom is -0.291 e. The van der Waals surface area contributed by atoms with Crippen molar-refractivity contribution in [1.29, 1.82) is 5.41 Å². The first-order valence-electron chi connectivity index (χ1n) is 10.2. The highest BCUT2D eigenvalue weighted by Crippen LogP contribution is 2.30. The van der Waals surface area contributed by atoms with Crippen molar-refractivity contribution in [2.45, 2.75) is 10.8 Å². The number of sulfonamides is 1. The molecule has 3 aromatic rings. The maximum absolute atomic E-state index is 13.0. The molecule has 6 nitrogen and oxygen atoms in total. The molecule has 4 rings (SSSR count). The average molecular weight is 531 g/mol. The molecule has 0 saturated heterocycles. The highest BCUT2D eigenvalue weighted by Gasteiger charge is 2.33. The van der Waals surface area contributed by atoms with Crippen molar-refractivity contribution in [1.82, 2.24) is 5.01 Å². The van der Waals surface area contributed by atoms with Gasteiger partial charge in [-0.1, -0.05) is 65.7 Å². The largest absolute Gasteiger partial charge is 0.291 e. The van der Waals surface area contributed by atoms with E-state index in [1.165, 1.54) is 29.3 Å². The normalized spacial score (nSPS) is 16.4. The number of hydrazone groups is 1. The number of benzene rings is 3. The number of halogens is 2. The second-order valence-electron chi connectivity index (χ2n) is 7.41. The Labute approximate surface area is 212 Å². The Morgan fingerprint density at radius 2 is 1.59 bits per heavy atom. The zero-order chi connectivity index (χ0) is 24.3. The van der Waals surface area contributed by atoms with E-state index < -0.39 is 10.0 Å². The monoisotopic (exact) mass is 530 g/mol.